The van der Waals surface area contributed by atoms with E-state index in [2.05, 4.69) is 22.2 Å². The number of anilines is 1. The standard InChI is InChI=1S/C15H17N3O2/c1-2-5-16-15-17-9-11-12(18-15)7-10(8-13(11)19)14-4-3-6-20-14/h3-4,6,9-10H,2,5,7-8H2,1H3,(H,16,17,18)/t10-/m1/s1. The number of Topliss-reactive ketones (excluding diaryl/α,β-unsaturated/α-hetero) is 1. The first-order chi connectivity index (χ1) is 9.78. The number of ketones is 1. The van der Waals surface area contributed by atoms with Gasteiger partial charge in [0.25, 0.3) is 0 Å². The van der Waals surface area contributed by atoms with Gasteiger partial charge in [-0.3, -0.25) is 4.79 Å². The fourth-order valence-corrected chi connectivity index (χ4v) is 2.49. The maximum atomic E-state index is 12.2. The first kappa shape index (κ1) is 12.8. The van der Waals surface area contributed by atoms with Crippen LogP contribution >= 0.6 is 0 Å². The molecule has 20 heavy (non-hydrogen) atoms. The Bertz CT molecular complexity index is 608. The van der Waals surface area contributed by atoms with E-state index in [0.717, 1.165) is 30.8 Å². The van der Waals surface area contributed by atoms with Crippen LogP contribution in [0.15, 0.2) is 29.0 Å². The molecule has 1 aliphatic rings. The third-order valence-electron chi connectivity index (χ3n) is 3.52. The number of nitrogens with zero attached hydrogens (tertiary/aromatic N) is 2. The third-order valence-corrected chi connectivity index (χ3v) is 3.52. The summed E-state index contributed by atoms with van der Waals surface area (Å²) in [7, 11) is 0. The number of furan rings is 1. The Morgan fingerprint density at radius 3 is 3.10 bits per heavy atom. The Morgan fingerprint density at radius 1 is 1.45 bits per heavy atom. The van der Waals surface area contributed by atoms with E-state index in [1.165, 1.54) is 0 Å². The molecular weight excluding hydrogens is 254 g/mol. The smallest absolute Gasteiger partial charge is 0.222 e. The highest BCUT2D eigenvalue weighted by Crippen LogP contribution is 2.32. The van der Waals surface area contributed by atoms with Crippen molar-refractivity contribution in [2.45, 2.75) is 32.1 Å². The molecule has 1 N–H and O–H groups in total. The molecule has 0 bridgehead atoms. The molecule has 5 heteroatoms. The van der Waals surface area contributed by atoms with Gasteiger partial charge in [-0.2, -0.15) is 0 Å². The number of aromatic nitrogens is 2. The fourth-order valence-electron chi connectivity index (χ4n) is 2.49. The normalized spacial score (nSPS) is 17.9. The molecule has 3 rings (SSSR count). The highest BCUT2D eigenvalue weighted by molar-refractivity contribution is 5.98. The van der Waals surface area contributed by atoms with Crippen LogP contribution < -0.4 is 5.32 Å². The average Bonchev–Trinajstić information content (AvgIpc) is 2.99. The van der Waals surface area contributed by atoms with E-state index in [9.17, 15) is 4.79 Å². The Balaban J connectivity index is 1.87. The maximum absolute atomic E-state index is 12.2. The molecule has 2 aromatic heterocycles. The first-order valence-corrected chi connectivity index (χ1v) is 6.94. The van der Waals surface area contributed by atoms with E-state index in [1.807, 2.05) is 12.1 Å². The van der Waals surface area contributed by atoms with Gasteiger partial charge >= 0.3 is 0 Å². The summed E-state index contributed by atoms with van der Waals surface area (Å²) in [6, 6.07) is 3.77. The minimum absolute atomic E-state index is 0.0823. The lowest BCUT2D eigenvalue weighted by Crippen LogP contribution is -2.21. The molecule has 0 aromatic carbocycles. The van der Waals surface area contributed by atoms with Crippen molar-refractivity contribution in [1.82, 2.24) is 9.97 Å². The van der Waals surface area contributed by atoms with Gasteiger partial charge < -0.3 is 9.73 Å². The van der Waals surface area contributed by atoms with Crippen molar-refractivity contribution in [3.05, 3.63) is 41.6 Å². The van der Waals surface area contributed by atoms with Crippen molar-refractivity contribution in [2.24, 2.45) is 0 Å². The van der Waals surface area contributed by atoms with Crippen LogP contribution in [0, 0.1) is 0 Å². The molecular formula is C15H17N3O2. The number of carbonyl (C=O) groups excluding carboxylic acids is 1. The molecule has 104 valence electrons. The van der Waals surface area contributed by atoms with Gasteiger partial charge in [-0.15, -0.1) is 0 Å². The van der Waals surface area contributed by atoms with Crippen molar-refractivity contribution in [2.75, 3.05) is 11.9 Å². The monoisotopic (exact) mass is 271 g/mol. The lowest BCUT2D eigenvalue weighted by molar-refractivity contribution is 0.0958. The van der Waals surface area contributed by atoms with Gasteiger partial charge in [0.05, 0.1) is 17.5 Å². The topological polar surface area (TPSA) is 68.0 Å². The van der Waals surface area contributed by atoms with Crippen molar-refractivity contribution < 1.29 is 9.21 Å². The molecule has 5 nitrogen and oxygen atoms in total. The van der Waals surface area contributed by atoms with Crippen LogP contribution in [-0.4, -0.2) is 22.3 Å². The molecule has 0 fully saturated rings. The zero-order valence-corrected chi connectivity index (χ0v) is 11.4. The van der Waals surface area contributed by atoms with Gasteiger partial charge in [-0.25, -0.2) is 9.97 Å². The van der Waals surface area contributed by atoms with Gasteiger partial charge in [-0.05, 0) is 18.6 Å². The summed E-state index contributed by atoms with van der Waals surface area (Å²) in [5.74, 6) is 1.62. The van der Waals surface area contributed by atoms with Crippen LogP contribution in [0.1, 0.15) is 47.5 Å². The van der Waals surface area contributed by atoms with Gasteiger partial charge in [0, 0.05) is 31.5 Å². The van der Waals surface area contributed by atoms with E-state index in [1.54, 1.807) is 12.5 Å². The molecule has 2 aromatic rings. The zero-order valence-electron chi connectivity index (χ0n) is 11.4. The van der Waals surface area contributed by atoms with Gasteiger partial charge in [-0.1, -0.05) is 6.92 Å². The molecule has 1 atom stereocenters. The maximum Gasteiger partial charge on any atom is 0.222 e. The van der Waals surface area contributed by atoms with Gasteiger partial charge in [0.1, 0.15) is 5.76 Å². The Morgan fingerprint density at radius 2 is 2.35 bits per heavy atom. The summed E-state index contributed by atoms with van der Waals surface area (Å²) < 4.78 is 5.42. The van der Waals surface area contributed by atoms with Crippen LogP contribution in [-0.2, 0) is 6.42 Å². The molecule has 0 saturated heterocycles. The van der Waals surface area contributed by atoms with E-state index < -0.39 is 0 Å². The van der Waals surface area contributed by atoms with Crippen LogP contribution in [0.3, 0.4) is 0 Å². The third kappa shape index (κ3) is 2.43. The average molecular weight is 271 g/mol. The van der Waals surface area contributed by atoms with Crippen LogP contribution in [0.5, 0.6) is 0 Å². The predicted octanol–water partition coefficient (Wildman–Crippen LogP) is 2.80. The van der Waals surface area contributed by atoms with Crippen molar-refractivity contribution in [3.8, 4) is 0 Å². The van der Waals surface area contributed by atoms with E-state index in [4.69, 9.17) is 4.42 Å². The second-order valence-electron chi connectivity index (χ2n) is 5.02. The number of carbonyl (C=O) groups is 1. The SMILES string of the molecule is CCCNc1ncc2c(n1)C[C@@H](c1ccco1)CC2=O. The Kier molecular flexibility index (Phi) is 3.50. The number of hydrogen-bond acceptors (Lipinski definition) is 5. The van der Waals surface area contributed by atoms with E-state index in [0.29, 0.717) is 17.9 Å². The van der Waals surface area contributed by atoms with Crippen LogP contribution in [0.2, 0.25) is 0 Å². The number of hydrogen-bond donors (Lipinski definition) is 1. The number of fused-ring (bicyclic) bond motifs is 1. The number of rotatable bonds is 4. The summed E-state index contributed by atoms with van der Waals surface area (Å²) in [6.07, 6.45) is 5.47. The lowest BCUT2D eigenvalue weighted by Gasteiger charge is -2.21. The summed E-state index contributed by atoms with van der Waals surface area (Å²) in [6.45, 7) is 2.91. The molecule has 0 spiro atoms. The van der Waals surface area contributed by atoms with Crippen molar-refractivity contribution >= 4 is 11.7 Å². The molecule has 0 amide bonds. The largest absolute Gasteiger partial charge is 0.469 e. The van der Waals surface area contributed by atoms with Gasteiger partial charge in [0.2, 0.25) is 5.95 Å². The van der Waals surface area contributed by atoms with Crippen molar-refractivity contribution in [1.29, 1.82) is 0 Å². The predicted molar refractivity (Wildman–Crippen MR) is 74.9 cm³/mol. The van der Waals surface area contributed by atoms with Crippen LogP contribution in [0.25, 0.3) is 0 Å². The molecule has 0 radical (unpaired) electrons. The summed E-state index contributed by atoms with van der Waals surface area (Å²) in [4.78, 5) is 20.9. The Labute approximate surface area is 117 Å². The molecule has 2 heterocycles. The lowest BCUT2D eigenvalue weighted by atomic mass is 9.85. The minimum atomic E-state index is 0.0823. The highest BCUT2D eigenvalue weighted by Gasteiger charge is 2.29. The fraction of sp³-hybridized carbons (Fsp3) is 0.400. The molecule has 0 aliphatic heterocycles. The Hall–Kier alpha value is -2.17. The molecule has 1 aliphatic carbocycles. The minimum Gasteiger partial charge on any atom is -0.469 e. The highest BCUT2D eigenvalue weighted by atomic mass is 16.3. The quantitative estimate of drug-likeness (QED) is 0.926. The second kappa shape index (κ2) is 5.45. The van der Waals surface area contributed by atoms with Crippen LogP contribution in [0.4, 0.5) is 5.95 Å². The zero-order chi connectivity index (χ0) is 13.9. The first-order valence-electron chi connectivity index (χ1n) is 6.94. The second-order valence-corrected chi connectivity index (χ2v) is 5.02. The van der Waals surface area contributed by atoms with Gasteiger partial charge in [0.15, 0.2) is 5.78 Å². The number of nitrogens with one attached hydrogen (secondary N) is 1. The molecule has 0 saturated carbocycles. The van der Waals surface area contributed by atoms with Crippen molar-refractivity contribution in [3.63, 3.8) is 0 Å². The summed E-state index contributed by atoms with van der Waals surface area (Å²) in [5.41, 5.74) is 1.46. The van der Waals surface area contributed by atoms with E-state index >= 15 is 0 Å². The van der Waals surface area contributed by atoms with E-state index in [-0.39, 0.29) is 11.7 Å². The summed E-state index contributed by atoms with van der Waals surface area (Å²) in [5, 5.41) is 3.15. The molecule has 0 unspecified atom stereocenters. The summed E-state index contributed by atoms with van der Waals surface area (Å²) >= 11 is 0.